The van der Waals surface area contributed by atoms with E-state index in [1.165, 1.54) is 6.07 Å². The third-order valence-electron chi connectivity index (χ3n) is 3.49. The van der Waals surface area contributed by atoms with E-state index in [2.05, 4.69) is 5.32 Å². The molecule has 21 heavy (non-hydrogen) atoms. The zero-order chi connectivity index (χ0) is 15.2. The third kappa shape index (κ3) is 4.45. The first-order chi connectivity index (χ1) is 10.1. The summed E-state index contributed by atoms with van der Waals surface area (Å²) in [6.07, 6.45) is 1.50. The quantitative estimate of drug-likeness (QED) is 0.875. The van der Waals surface area contributed by atoms with Crippen molar-refractivity contribution in [1.29, 1.82) is 0 Å². The normalized spacial score (nSPS) is 12.2. The first kappa shape index (κ1) is 15.8. The average Bonchev–Trinajstić information content (AvgIpc) is 2.47. The van der Waals surface area contributed by atoms with Crippen molar-refractivity contribution in [2.45, 2.75) is 18.9 Å². The van der Waals surface area contributed by atoms with E-state index in [1.807, 2.05) is 31.3 Å². The monoisotopic (exact) mass is 307 g/mol. The molecule has 4 heteroatoms. The highest BCUT2D eigenvalue weighted by Gasteiger charge is 2.13. The number of halogens is 2. The fraction of sp³-hybridized carbons (Fsp3) is 0.294. The molecule has 0 spiro atoms. The Morgan fingerprint density at radius 3 is 2.67 bits per heavy atom. The molecule has 2 nitrogen and oxygen atoms in total. The molecule has 0 aliphatic carbocycles. The van der Waals surface area contributed by atoms with Crippen molar-refractivity contribution in [2.24, 2.45) is 0 Å². The summed E-state index contributed by atoms with van der Waals surface area (Å²) in [4.78, 5) is 0. The summed E-state index contributed by atoms with van der Waals surface area (Å²) in [5.74, 6) is 0.613. The van der Waals surface area contributed by atoms with Crippen molar-refractivity contribution < 1.29 is 9.13 Å². The number of benzene rings is 2. The van der Waals surface area contributed by atoms with E-state index in [1.54, 1.807) is 19.2 Å². The zero-order valence-electron chi connectivity index (χ0n) is 12.2. The second-order valence-corrected chi connectivity index (χ2v) is 5.42. The molecule has 112 valence electrons. The van der Waals surface area contributed by atoms with Gasteiger partial charge in [0.15, 0.2) is 0 Å². The van der Waals surface area contributed by atoms with Crippen LogP contribution in [0.2, 0.25) is 5.02 Å². The smallest absolute Gasteiger partial charge is 0.123 e. The van der Waals surface area contributed by atoms with Crippen molar-refractivity contribution in [1.82, 2.24) is 5.32 Å². The van der Waals surface area contributed by atoms with Gasteiger partial charge in [-0.3, -0.25) is 0 Å². The Bertz CT molecular complexity index is 603. The molecule has 0 aliphatic heterocycles. The van der Waals surface area contributed by atoms with Gasteiger partial charge in [0.1, 0.15) is 11.6 Å². The summed E-state index contributed by atoms with van der Waals surface area (Å²) in [7, 11) is 3.55. The molecule has 1 N–H and O–H groups in total. The maximum absolute atomic E-state index is 13.3. The Kier molecular flexibility index (Phi) is 5.59. The van der Waals surface area contributed by atoms with Crippen LogP contribution < -0.4 is 10.1 Å². The molecule has 2 aromatic rings. The van der Waals surface area contributed by atoms with Crippen LogP contribution in [0.4, 0.5) is 4.39 Å². The van der Waals surface area contributed by atoms with Gasteiger partial charge < -0.3 is 10.1 Å². The van der Waals surface area contributed by atoms with Gasteiger partial charge in [0.25, 0.3) is 0 Å². The van der Waals surface area contributed by atoms with Crippen LogP contribution in [-0.4, -0.2) is 20.2 Å². The first-order valence-corrected chi connectivity index (χ1v) is 7.24. The predicted molar refractivity (Wildman–Crippen MR) is 84.7 cm³/mol. The number of hydrogen-bond acceptors (Lipinski definition) is 2. The lowest BCUT2D eigenvalue weighted by Crippen LogP contribution is -2.30. The topological polar surface area (TPSA) is 21.3 Å². The Hall–Kier alpha value is -1.58. The van der Waals surface area contributed by atoms with Crippen LogP contribution in [0.3, 0.4) is 0 Å². The van der Waals surface area contributed by atoms with Gasteiger partial charge in [-0.15, -0.1) is 0 Å². The van der Waals surface area contributed by atoms with Crippen LogP contribution in [0.15, 0.2) is 42.5 Å². The molecular formula is C17H19ClFNO. The highest BCUT2D eigenvalue weighted by molar-refractivity contribution is 6.30. The van der Waals surface area contributed by atoms with E-state index >= 15 is 0 Å². The summed E-state index contributed by atoms with van der Waals surface area (Å²) in [6, 6.07) is 12.5. The predicted octanol–water partition coefficient (Wildman–Crippen LogP) is 3.86. The molecule has 0 aliphatic rings. The minimum atomic E-state index is -0.206. The van der Waals surface area contributed by atoms with Gasteiger partial charge >= 0.3 is 0 Å². The van der Waals surface area contributed by atoms with Crippen LogP contribution in [0.5, 0.6) is 5.75 Å². The van der Waals surface area contributed by atoms with Gasteiger partial charge in [0.05, 0.1) is 7.11 Å². The molecule has 1 unspecified atom stereocenters. The van der Waals surface area contributed by atoms with Crippen LogP contribution in [0, 0.1) is 5.82 Å². The fourth-order valence-electron chi connectivity index (χ4n) is 2.40. The van der Waals surface area contributed by atoms with E-state index in [-0.39, 0.29) is 11.9 Å². The molecule has 2 rings (SSSR count). The van der Waals surface area contributed by atoms with E-state index in [0.717, 1.165) is 29.7 Å². The van der Waals surface area contributed by atoms with Gasteiger partial charge in [-0.2, -0.15) is 0 Å². The van der Waals surface area contributed by atoms with E-state index in [9.17, 15) is 4.39 Å². The standard InChI is InChI=1S/C17H19ClFNO/c1-20-16(9-12-4-3-5-15(19)8-12)11-13-10-14(18)6-7-17(13)21-2/h3-8,10,16,20H,9,11H2,1-2H3. The van der Waals surface area contributed by atoms with Crippen molar-refractivity contribution in [3.63, 3.8) is 0 Å². The molecule has 0 saturated heterocycles. The van der Waals surface area contributed by atoms with Gasteiger partial charge in [0, 0.05) is 11.1 Å². The summed E-state index contributed by atoms with van der Waals surface area (Å²) in [5.41, 5.74) is 2.01. The third-order valence-corrected chi connectivity index (χ3v) is 3.72. The highest BCUT2D eigenvalue weighted by Crippen LogP contribution is 2.24. The highest BCUT2D eigenvalue weighted by atomic mass is 35.5. The van der Waals surface area contributed by atoms with E-state index < -0.39 is 0 Å². The number of methoxy groups -OCH3 is 1. The lowest BCUT2D eigenvalue weighted by molar-refractivity contribution is 0.406. The summed E-state index contributed by atoms with van der Waals surface area (Å²) in [6.45, 7) is 0. The van der Waals surface area contributed by atoms with Gasteiger partial charge in [-0.05, 0) is 61.3 Å². The average molecular weight is 308 g/mol. The van der Waals surface area contributed by atoms with Gasteiger partial charge in [-0.1, -0.05) is 23.7 Å². The van der Waals surface area contributed by atoms with Gasteiger partial charge in [-0.25, -0.2) is 4.39 Å². The molecule has 0 bridgehead atoms. The summed E-state index contributed by atoms with van der Waals surface area (Å²) < 4.78 is 18.6. The Labute approximate surface area is 129 Å². The molecule has 0 amide bonds. The maximum atomic E-state index is 13.3. The Morgan fingerprint density at radius 2 is 2.00 bits per heavy atom. The van der Waals surface area contributed by atoms with Crippen molar-refractivity contribution >= 4 is 11.6 Å². The number of rotatable bonds is 6. The molecule has 0 aromatic heterocycles. The lowest BCUT2D eigenvalue weighted by atomic mass is 9.98. The Balaban J connectivity index is 2.14. The van der Waals surface area contributed by atoms with Crippen LogP contribution in [0.25, 0.3) is 0 Å². The second kappa shape index (κ2) is 7.43. The SMILES string of the molecule is CNC(Cc1cccc(F)c1)Cc1cc(Cl)ccc1OC. The van der Waals surface area contributed by atoms with E-state index in [4.69, 9.17) is 16.3 Å². The number of likely N-dealkylation sites (N-methyl/N-ethyl adjacent to an activating group) is 1. The molecular weight excluding hydrogens is 289 g/mol. The van der Waals surface area contributed by atoms with Crippen molar-refractivity contribution in [2.75, 3.05) is 14.2 Å². The molecule has 2 aromatic carbocycles. The van der Waals surface area contributed by atoms with E-state index in [0.29, 0.717) is 5.02 Å². The summed E-state index contributed by atoms with van der Waals surface area (Å²) >= 11 is 6.06. The van der Waals surface area contributed by atoms with Crippen LogP contribution >= 0.6 is 11.6 Å². The first-order valence-electron chi connectivity index (χ1n) is 6.86. The largest absolute Gasteiger partial charge is 0.496 e. The fourth-order valence-corrected chi connectivity index (χ4v) is 2.59. The zero-order valence-corrected chi connectivity index (χ0v) is 13.0. The number of ether oxygens (including phenoxy) is 1. The molecule has 0 heterocycles. The number of nitrogens with one attached hydrogen (secondary N) is 1. The minimum Gasteiger partial charge on any atom is -0.496 e. The molecule has 0 radical (unpaired) electrons. The van der Waals surface area contributed by atoms with Crippen LogP contribution in [0.1, 0.15) is 11.1 Å². The van der Waals surface area contributed by atoms with Gasteiger partial charge in [0.2, 0.25) is 0 Å². The summed E-state index contributed by atoms with van der Waals surface area (Å²) in [5, 5.41) is 3.95. The molecule has 0 saturated carbocycles. The van der Waals surface area contributed by atoms with Crippen molar-refractivity contribution in [3.8, 4) is 5.75 Å². The van der Waals surface area contributed by atoms with Crippen LogP contribution in [-0.2, 0) is 12.8 Å². The van der Waals surface area contributed by atoms with Crippen molar-refractivity contribution in [3.05, 3.63) is 64.4 Å². The number of hydrogen-bond donors (Lipinski definition) is 1. The molecule has 0 fully saturated rings. The maximum Gasteiger partial charge on any atom is 0.123 e. The second-order valence-electron chi connectivity index (χ2n) is 4.98. The Morgan fingerprint density at radius 1 is 1.19 bits per heavy atom. The molecule has 1 atom stereocenters. The lowest BCUT2D eigenvalue weighted by Gasteiger charge is -2.18. The minimum absolute atomic E-state index is 0.180.